The highest BCUT2D eigenvalue weighted by Crippen LogP contribution is 2.38. The number of ketones is 1. The van der Waals surface area contributed by atoms with Crippen LogP contribution in [0.3, 0.4) is 0 Å². The number of benzene rings is 2. The van der Waals surface area contributed by atoms with E-state index in [0.717, 1.165) is 39.6 Å². The molecular formula is C22H21BrO3. The molecule has 0 fully saturated rings. The van der Waals surface area contributed by atoms with Gasteiger partial charge in [0.15, 0.2) is 17.3 Å². The molecule has 3 rings (SSSR count). The maximum Gasteiger partial charge on any atom is 0.189 e. The molecular weight excluding hydrogens is 392 g/mol. The van der Waals surface area contributed by atoms with Crippen molar-refractivity contribution >= 4 is 27.8 Å². The highest BCUT2D eigenvalue weighted by molar-refractivity contribution is 9.10. The predicted octanol–water partition coefficient (Wildman–Crippen LogP) is 5.63. The van der Waals surface area contributed by atoms with E-state index in [2.05, 4.69) is 22.5 Å². The summed E-state index contributed by atoms with van der Waals surface area (Å²) in [5.41, 5.74) is 3.66. The number of ether oxygens (including phenoxy) is 2. The Hall–Kier alpha value is -2.33. The van der Waals surface area contributed by atoms with Gasteiger partial charge in [0.1, 0.15) is 6.61 Å². The van der Waals surface area contributed by atoms with E-state index in [-0.39, 0.29) is 5.78 Å². The molecule has 0 bridgehead atoms. The van der Waals surface area contributed by atoms with Crippen molar-refractivity contribution in [2.75, 3.05) is 13.2 Å². The number of halogens is 1. The fourth-order valence-electron chi connectivity index (χ4n) is 3.07. The smallest absolute Gasteiger partial charge is 0.189 e. The Labute approximate surface area is 162 Å². The quantitative estimate of drug-likeness (QED) is 0.455. The van der Waals surface area contributed by atoms with Crippen LogP contribution in [0, 0.1) is 0 Å². The first-order valence-electron chi connectivity index (χ1n) is 8.67. The molecule has 0 unspecified atom stereocenters. The lowest BCUT2D eigenvalue weighted by atomic mass is 9.86. The van der Waals surface area contributed by atoms with Crippen LogP contribution < -0.4 is 9.47 Å². The number of fused-ring (bicyclic) bond motifs is 1. The van der Waals surface area contributed by atoms with Crippen molar-refractivity contribution in [3.63, 3.8) is 0 Å². The Morgan fingerprint density at radius 1 is 1.19 bits per heavy atom. The summed E-state index contributed by atoms with van der Waals surface area (Å²) >= 11 is 3.55. The Kier molecular flexibility index (Phi) is 5.94. The maximum atomic E-state index is 12.8. The molecule has 1 aliphatic carbocycles. The van der Waals surface area contributed by atoms with Gasteiger partial charge in [-0.1, -0.05) is 36.9 Å². The summed E-state index contributed by atoms with van der Waals surface area (Å²) in [4.78, 5) is 12.8. The minimum atomic E-state index is 0.105. The molecule has 0 saturated heterocycles. The zero-order chi connectivity index (χ0) is 18.5. The van der Waals surface area contributed by atoms with Crippen molar-refractivity contribution in [3.05, 3.63) is 75.8 Å². The number of hydrogen-bond acceptors (Lipinski definition) is 3. The number of carbonyl (C=O) groups is 1. The number of aryl methyl sites for hydroxylation is 1. The first-order chi connectivity index (χ1) is 12.6. The molecule has 0 amide bonds. The van der Waals surface area contributed by atoms with E-state index in [0.29, 0.717) is 24.7 Å². The molecule has 0 aromatic heterocycles. The van der Waals surface area contributed by atoms with E-state index in [9.17, 15) is 4.79 Å². The average molecular weight is 413 g/mol. The third-order valence-corrected chi connectivity index (χ3v) is 4.82. The van der Waals surface area contributed by atoms with Gasteiger partial charge in [-0.2, -0.15) is 0 Å². The van der Waals surface area contributed by atoms with Crippen LogP contribution in [0.5, 0.6) is 11.5 Å². The van der Waals surface area contributed by atoms with Gasteiger partial charge >= 0.3 is 0 Å². The lowest BCUT2D eigenvalue weighted by Crippen LogP contribution is -2.13. The van der Waals surface area contributed by atoms with Crippen LogP contribution in [0.2, 0.25) is 0 Å². The highest BCUT2D eigenvalue weighted by atomic mass is 79.9. The normalized spacial score (nSPS) is 14.8. The molecule has 0 atom stereocenters. The molecule has 26 heavy (non-hydrogen) atoms. The molecule has 0 spiro atoms. The monoisotopic (exact) mass is 412 g/mol. The van der Waals surface area contributed by atoms with E-state index in [1.807, 2.05) is 49.4 Å². The number of allylic oxidation sites excluding steroid dienone is 1. The van der Waals surface area contributed by atoms with Gasteiger partial charge in [-0.15, -0.1) is 0 Å². The molecule has 2 aromatic rings. The van der Waals surface area contributed by atoms with Crippen molar-refractivity contribution < 1.29 is 14.3 Å². The van der Waals surface area contributed by atoms with Gasteiger partial charge in [0.2, 0.25) is 0 Å². The summed E-state index contributed by atoms with van der Waals surface area (Å²) in [7, 11) is 0. The van der Waals surface area contributed by atoms with Crippen LogP contribution in [-0.2, 0) is 6.42 Å². The third kappa shape index (κ3) is 3.91. The lowest BCUT2D eigenvalue weighted by Gasteiger charge is -2.18. The number of carbonyl (C=O) groups excluding carboxylic acids is 1. The van der Waals surface area contributed by atoms with Gasteiger partial charge in [-0.3, -0.25) is 4.79 Å². The van der Waals surface area contributed by atoms with Gasteiger partial charge in [-0.05, 0) is 65.0 Å². The molecule has 3 nitrogen and oxygen atoms in total. The van der Waals surface area contributed by atoms with Crippen LogP contribution in [0.1, 0.15) is 34.8 Å². The van der Waals surface area contributed by atoms with E-state index in [1.54, 1.807) is 6.08 Å². The summed E-state index contributed by atoms with van der Waals surface area (Å²) in [6.07, 6.45) is 5.26. The summed E-state index contributed by atoms with van der Waals surface area (Å²) in [6, 6.07) is 11.7. The minimum Gasteiger partial charge on any atom is -0.490 e. The molecule has 0 N–H and O–H groups in total. The van der Waals surface area contributed by atoms with Crippen LogP contribution in [-0.4, -0.2) is 19.0 Å². The van der Waals surface area contributed by atoms with Crippen molar-refractivity contribution in [2.24, 2.45) is 0 Å². The van der Waals surface area contributed by atoms with Crippen molar-refractivity contribution in [3.8, 4) is 11.5 Å². The molecule has 2 aromatic carbocycles. The zero-order valence-corrected chi connectivity index (χ0v) is 16.3. The predicted molar refractivity (Wildman–Crippen MR) is 108 cm³/mol. The average Bonchev–Trinajstić information content (AvgIpc) is 2.64. The Morgan fingerprint density at radius 3 is 2.77 bits per heavy atom. The molecule has 1 aliphatic rings. The molecule has 0 saturated carbocycles. The third-order valence-electron chi connectivity index (χ3n) is 4.24. The van der Waals surface area contributed by atoms with Gasteiger partial charge in [0.25, 0.3) is 0 Å². The van der Waals surface area contributed by atoms with Gasteiger partial charge in [0, 0.05) is 11.1 Å². The highest BCUT2D eigenvalue weighted by Gasteiger charge is 2.21. The first kappa shape index (κ1) is 18.5. The summed E-state index contributed by atoms with van der Waals surface area (Å²) in [6.45, 7) is 6.53. The lowest BCUT2D eigenvalue weighted by molar-refractivity contribution is 0.102. The maximum absolute atomic E-state index is 12.8. The Morgan fingerprint density at radius 2 is 2.00 bits per heavy atom. The summed E-state index contributed by atoms with van der Waals surface area (Å²) in [5.74, 6) is 1.40. The first-order valence-corrected chi connectivity index (χ1v) is 9.46. The number of rotatable bonds is 6. The van der Waals surface area contributed by atoms with Crippen molar-refractivity contribution in [1.29, 1.82) is 0 Å². The standard InChI is InChI=1S/C22H21BrO3/c1-3-11-26-22-19(23)13-15(14-20(22)25-4-2)12-17-10-9-16-7-5-6-8-18(16)21(17)24/h3,5-8,12-14H,1,4,9-11H2,2H3/b17-12+. The van der Waals surface area contributed by atoms with E-state index in [1.165, 1.54) is 0 Å². The molecule has 134 valence electrons. The fraction of sp³-hybridized carbons (Fsp3) is 0.227. The number of hydrogen-bond donors (Lipinski definition) is 0. The van der Waals surface area contributed by atoms with Crippen LogP contribution in [0.4, 0.5) is 0 Å². The molecule has 0 aliphatic heterocycles. The second-order valence-corrected chi connectivity index (χ2v) is 6.87. The fourth-order valence-corrected chi connectivity index (χ4v) is 3.65. The summed E-state index contributed by atoms with van der Waals surface area (Å²) < 4.78 is 12.2. The van der Waals surface area contributed by atoms with E-state index >= 15 is 0 Å². The second kappa shape index (κ2) is 8.37. The van der Waals surface area contributed by atoms with Gasteiger partial charge in [0.05, 0.1) is 11.1 Å². The van der Waals surface area contributed by atoms with Crippen LogP contribution in [0.15, 0.2) is 59.1 Å². The van der Waals surface area contributed by atoms with Gasteiger partial charge < -0.3 is 9.47 Å². The Bertz CT molecular complexity index is 868. The van der Waals surface area contributed by atoms with Crippen LogP contribution >= 0.6 is 15.9 Å². The minimum absolute atomic E-state index is 0.105. The van der Waals surface area contributed by atoms with Crippen LogP contribution in [0.25, 0.3) is 6.08 Å². The summed E-state index contributed by atoms with van der Waals surface area (Å²) in [5, 5.41) is 0. The van der Waals surface area contributed by atoms with E-state index in [4.69, 9.17) is 9.47 Å². The zero-order valence-electron chi connectivity index (χ0n) is 14.8. The van der Waals surface area contributed by atoms with E-state index < -0.39 is 0 Å². The SMILES string of the molecule is C=CCOc1c(Br)cc(/C=C2\CCc3ccccc3C2=O)cc1OCC. The van der Waals surface area contributed by atoms with Crippen molar-refractivity contribution in [2.45, 2.75) is 19.8 Å². The molecule has 0 radical (unpaired) electrons. The number of Topliss-reactive ketones (excluding diaryl/α,β-unsaturated/α-hetero) is 1. The topological polar surface area (TPSA) is 35.5 Å². The van der Waals surface area contributed by atoms with Gasteiger partial charge in [-0.25, -0.2) is 0 Å². The molecule has 4 heteroatoms. The second-order valence-electron chi connectivity index (χ2n) is 6.02. The largest absolute Gasteiger partial charge is 0.490 e. The van der Waals surface area contributed by atoms with Crippen molar-refractivity contribution in [1.82, 2.24) is 0 Å². The Balaban J connectivity index is 1.96. The molecule has 0 heterocycles.